The molecule has 30 heavy (non-hydrogen) atoms. The van der Waals surface area contributed by atoms with Gasteiger partial charge >= 0.3 is 0 Å². The van der Waals surface area contributed by atoms with Crippen LogP contribution in [0.4, 0.5) is 5.69 Å². The standard InChI is InChI=1S/C25H26N2O2S/c1-18-12-14-21(15-13-18)30-19(2)24(28)27-23-11-7-6-10-22(23)25(29)26-17-16-20-8-4-3-5-9-20/h3-15,19H,16-17H2,1-2H3,(H,26,29)(H,27,28)/t19-/m0/s1. The van der Waals surface area contributed by atoms with E-state index >= 15 is 0 Å². The summed E-state index contributed by atoms with van der Waals surface area (Å²) in [5.41, 5.74) is 3.34. The minimum absolute atomic E-state index is 0.134. The molecule has 2 amide bonds. The second-order valence-electron chi connectivity index (χ2n) is 7.10. The molecule has 154 valence electrons. The van der Waals surface area contributed by atoms with Crippen molar-refractivity contribution in [2.45, 2.75) is 30.4 Å². The normalized spacial score (nSPS) is 11.5. The molecule has 0 bridgehead atoms. The minimum atomic E-state index is -0.290. The fourth-order valence-corrected chi connectivity index (χ4v) is 3.83. The lowest BCUT2D eigenvalue weighted by Crippen LogP contribution is -2.28. The third-order valence-corrected chi connectivity index (χ3v) is 5.79. The van der Waals surface area contributed by atoms with Gasteiger partial charge in [-0.15, -0.1) is 11.8 Å². The van der Waals surface area contributed by atoms with Gasteiger partial charge < -0.3 is 10.6 Å². The molecule has 0 saturated heterocycles. The lowest BCUT2D eigenvalue weighted by Gasteiger charge is -2.15. The summed E-state index contributed by atoms with van der Waals surface area (Å²) in [6.07, 6.45) is 0.755. The van der Waals surface area contributed by atoms with E-state index in [1.807, 2.05) is 74.5 Å². The van der Waals surface area contributed by atoms with Gasteiger partial charge in [-0.2, -0.15) is 0 Å². The first-order valence-corrected chi connectivity index (χ1v) is 10.9. The van der Waals surface area contributed by atoms with E-state index in [9.17, 15) is 9.59 Å². The van der Waals surface area contributed by atoms with E-state index in [4.69, 9.17) is 0 Å². The van der Waals surface area contributed by atoms with E-state index in [-0.39, 0.29) is 17.1 Å². The Morgan fingerprint density at radius 3 is 2.30 bits per heavy atom. The number of hydrogen-bond acceptors (Lipinski definition) is 3. The first-order chi connectivity index (χ1) is 14.5. The second-order valence-corrected chi connectivity index (χ2v) is 8.51. The van der Waals surface area contributed by atoms with Crippen LogP contribution in [0, 0.1) is 6.92 Å². The quantitative estimate of drug-likeness (QED) is 0.501. The van der Waals surface area contributed by atoms with E-state index in [1.165, 1.54) is 22.9 Å². The van der Waals surface area contributed by atoms with Crippen LogP contribution in [-0.4, -0.2) is 23.6 Å². The number of nitrogens with one attached hydrogen (secondary N) is 2. The predicted octanol–water partition coefficient (Wildman–Crippen LogP) is 5.09. The third kappa shape index (κ3) is 6.22. The van der Waals surface area contributed by atoms with E-state index in [1.54, 1.807) is 18.2 Å². The van der Waals surface area contributed by atoms with Crippen molar-refractivity contribution in [2.24, 2.45) is 0 Å². The van der Waals surface area contributed by atoms with Gasteiger partial charge in [-0.1, -0.05) is 60.2 Å². The molecule has 1 atom stereocenters. The molecule has 0 aliphatic rings. The van der Waals surface area contributed by atoms with Crippen LogP contribution in [0.1, 0.15) is 28.4 Å². The molecule has 3 aromatic carbocycles. The highest BCUT2D eigenvalue weighted by Crippen LogP contribution is 2.25. The molecule has 0 radical (unpaired) electrons. The van der Waals surface area contributed by atoms with E-state index < -0.39 is 0 Å². The summed E-state index contributed by atoms with van der Waals surface area (Å²) in [4.78, 5) is 26.4. The summed E-state index contributed by atoms with van der Waals surface area (Å²) in [5.74, 6) is -0.328. The molecule has 2 N–H and O–H groups in total. The van der Waals surface area contributed by atoms with Crippen LogP contribution in [0.3, 0.4) is 0 Å². The molecule has 5 heteroatoms. The van der Waals surface area contributed by atoms with Crippen LogP contribution in [0.15, 0.2) is 83.8 Å². The summed E-state index contributed by atoms with van der Waals surface area (Å²) in [5, 5.41) is 5.56. The number of carbonyl (C=O) groups excluding carboxylic acids is 2. The maximum atomic E-state index is 12.7. The number of carbonyl (C=O) groups is 2. The van der Waals surface area contributed by atoms with Crippen molar-refractivity contribution in [2.75, 3.05) is 11.9 Å². The molecule has 0 fully saturated rings. The van der Waals surface area contributed by atoms with Gasteiger partial charge in [-0.25, -0.2) is 0 Å². The zero-order valence-electron chi connectivity index (χ0n) is 17.2. The van der Waals surface area contributed by atoms with Crippen LogP contribution in [0.2, 0.25) is 0 Å². The zero-order valence-corrected chi connectivity index (χ0v) is 18.0. The van der Waals surface area contributed by atoms with Crippen LogP contribution in [-0.2, 0) is 11.2 Å². The Bertz CT molecular complexity index is 988. The molecule has 0 aromatic heterocycles. The van der Waals surface area contributed by atoms with E-state index in [2.05, 4.69) is 10.6 Å². The monoisotopic (exact) mass is 418 g/mol. The maximum absolute atomic E-state index is 12.7. The lowest BCUT2D eigenvalue weighted by atomic mass is 10.1. The van der Waals surface area contributed by atoms with Crippen molar-refractivity contribution >= 4 is 29.3 Å². The zero-order chi connectivity index (χ0) is 21.3. The van der Waals surface area contributed by atoms with Gasteiger partial charge in [0.2, 0.25) is 5.91 Å². The largest absolute Gasteiger partial charge is 0.352 e. The average Bonchev–Trinajstić information content (AvgIpc) is 2.76. The number of amides is 2. The van der Waals surface area contributed by atoms with Crippen LogP contribution >= 0.6 is 11.8 Å². The molecular formula is C25H26N2O2S. The van der Waals surface area contributed by atoms with Gasteiger partial charge in [0.05, 0.1) is 16.5 Å². The van der Waals surface area contributed by atoms with Crippen molar-refractivity contribution in [3.63, 3.8) is 0 Å². The average molecular weight is 419 g/mol. The number of benzene rings is 3. The molecule has 0 heterocycles. The second kappa shape index (κ2) is 10.6. The van der Waals surface area contributed by atoms with Crippen molar-refractivity contribution in [3.8, 4) is 0 Å². The van der Waals surface area contributed by atoms with Gasteiger partial charge in [0, 0.05) is 11.4 Å². The molecular weight excluding hydrogens is 392 g/mol. The van der Waals surface area contributed by atoms with Gasteiger partial charge in [-0.3, -0.25) is 9.59 Å². The van der Waals surface area contributed by atoms with Gasteiger partial charge in [0.1, 0.15) is 0 Å². The van der Waals surface area contributed by atoms with Crippen LogP contribution < -0.4 is 10.6 Å². The summed E-state index contributed by atoms with van der Waals surface area (Å²) in [7, 11) is 0. The summed E-state index contributed by atoms with van der Waals surface area (Å²) in [6, 6.07) is 25.2. The highest BCUT2D eigenvalue weighted by molar-refractivity contribution is 8.00. The third-order valence-electron chi connectivity index (χ3n) is 4.67. The number of rotatable bonds is 8. The lowest BCUT2D eigenvalue weighted by molar-refractivity contribution is -0.115. The number of para-hydroxylation sites is 1. The predicted molar refractivity (Wildman–Crippen MR) is 124 cm³/mol. The summed E-state index contributed by atoms with van der Waals surface area (Å²) in [6.45, 7) is 4.43. The number of hydrogen-bond donors (Lipinski definition) is 2. The number of aryl methyl sites for hydroxylation is 1. The number of thioether (sulfide) groups is 1. The fourth-order valence-electron chi connectivity index (χ4n) is 2.96. The Balaban J connectivity index is 1.58. The molecule has 0 spiro atoms. The van der Waals surface area contributed by atoms with Gasteiger partial charge in [-0.05, 0) is 50.1 Å². The molecule has 0 saturated carbocycles. The Hall–Kier alpha value is -3.05. The Labute approximate surface area is 182 Å². The van der Waals surface area contributed by atoms with Gasteiger partial charge in [0.25, 0.3) is 5.91 Å². The molecule has 0 aliphatic carbocycles. The van der Waals surface area contributed by atoms with Crippen molar-refractivity contribution < 1.29 is 9.59 Å². The first kappa shape index (κ1) is 21.7. The molecule has 0 aliphatic heterocycles. The Morgan fingerprint density at radius 1 is 0.900 bits per heavy atom. The van der Waals surface area contributed by atoms with E-state index in [0.29, 0.717) is 17.8 Å². The fraction of sp³-hybridized carbons (Fsp3) is 0.200. The maximum Gasteiger partial charge on any atom is 0.253 e. The van der Waals surface area contributed by atoms with Crippen LogP contribution in [0.5, 0.6) is 0 Å². The summed E-state index contributed by atoms with van der Waals surface area (Å²) < 4.78 is 0. The van der Waals surface area contributed by atoms with Crippen molar-refractivity contribution in [1.82, 2.24) is 5.32 Å². The van der Waals surface area contributed by atoms with Crippen molar-refractivity contribution in [1.29, 1.82) is 0 Å². The smallest absolute Gasteiger partial charge is 0.253 e. The SMILES string of the molecule is Cc1ccc(S[C@@H](C)C(=O)Nc2ccccc2C(=O)NCCc2ccccc2)cc1. The molecule has 0 unspecified atom stereocenters. The molecule has 3 rings (SSSR count). The number of anilines is 1. The molecule has 3 aromatic rings. The minimum Gasteiger partial charge on any atom is -0.352 e. The van der Waals surface area contributed by atoms with Crippen molar-refractivity contribution in [3.05, 3.63) is 95.6 Å². The Morgan fingerprint density at radius 2 is 1.57 bits per heavy atom. The topological polar surface area (TPSA) is 58.2 Å². The van der Waals surface area contributed by atoms with Crippen LogP contribution in [0.25, 0.3) is 0 Å². The van der Waals surface area contributed by atoms with Gasteiger partial charge in [0.15, 0.2) is 0 Å². The Kier molecular flexibility index (Phi) is 7.69. The molecule has 4 nitrogen and oxygen atoms in total. The highest BCUT2D eigenvalue weighted by Gasteiger charge is 2.18. The first-order valence-electron chi connectivity index (χ1n) is 9.98. The summed E-state index contributed by atoms with van der Waals surface area (Å²) >= 11 is 1.49. The van der Waals surface area contributed by atoms with E-state index in [0.717, 1.165) is 11.3 Å². The highest BCUT2D eigenvalue weighted by atomic mass is 32.2.